The van der Waals surface area contributed by atoms with Crippen LogP contribution < -0.4 is 5.32 Å². The van der Waals surface area contributed by atoms with Crippen molar-refractivity contribution in [2.24, 2.45) is 0 Å². The van der Waals surface area contributed by atoms with Crippen molar-refractivity contribution in [3.8, 4) is 0 Å². The lowest BCUT2D eigenvalue weighted by Crippen LogP contribution is -2.27. The topological polar surface area (TPSA) is 12.0 Å². The molecule has 3 rings (SSSR count). The molecule has 0 aromatic heterocycles. The molecule has 0 amide bonds. The van der Waals surface area contributed by atoms with Crippen LogP contribution in [0.15, 0.2) is 46.2 Å². The van der Waals surface area contributed by atoms with Gasteiger partial charge in [-0.25, -0.2) is 8.78 Å². The largest absolute Gasteiger partial charge is 0.317 e. The van der Waals surface area contributed by atoms with E-state index in [0.717, 1.165) is 41.3 Å². The van der Waals surface area contributed by atoms with Gasteiger partial charge < -0.3 is 5.32 Å². The van der Waals surface area contributed by atoms with E-state index >= 15 is 0 Å². The minimum Gasteiger partial charge on any atom is -0.317 e. The van der Waals surface area contributed by atoms with E-state index in [4.69, 9.17) is 0 Å². The van der Waals surface area contributed by atoms with E-state index in [9.17, 15) is 8.78 Å². The molecule has 1 nitrogen and oxygen atoms in total. The van der Waals surface area contributed by atoms with Crippen LogP contribution in [-0.2, 0) is 0 Å². The molecule has 0 saturated carbocycles. The van der Waals surface area contributed by atoms with Gasteiger partial charge in [0.1, 0.15) is 11.6 Å². The molecule has 4 heteroatoms. The maximum Gasteiger partial charge on any atom is 0.127 e. The van der Waals surface area contributed by atoms with Crippen LogP contribution in [0.4, 0.5) is 8.78 Å². The molecule has 1 N–H and O–H groups in total. The summed E-state index contributed by atoms with van der Waals surface area (Å²) in [5.74, 6) is -0.130. The third-order valence-corrected chi connectivity index (χ3v) is 5.20. The van der Waals surface area contributed by atoms with Gasteiger partial charge >= 0.3 is 0 Å². The third kappa shape index (κ3) is 3.33. The summed E-state index contributed by atoms with van der Waals surface area (Å²) in [6.45, 7) is 3.58. The zero-order chi connectivity index (χ0) is 15.5. The molecule has 2 aromatic carbocycles. The van der Waals surface area contributed by atoms with Crippen LogP contribution >= 0.6 is 11.8 Å². The Bertz CT molecular complexity index is 666. The second-order valence-electron chi connectivity index (χ2n) is 5.69. The van der Waals surface area contributed by atoms with Crippen molar-refractivity contribution >= 4 is 11.8 Å². The summed E-state index contributed by atoms with van der Waals surface area (Å²) in [4.78, 5) is 1.71. The van der Waals surface area contributed by atoms with Crippen molar-refractivity contribution in [3.05, 3.63) is 59.2 Å². The van der Waals surface area contributed by atoms with Gasteiger partial charge in [0.2, 0.25) is 0 Å². The highest BCUT2D eigenvalue weighted by Gasteiger charge is 2.22. The average molecular weight is 319 g/mol. The fraction of sp³-hybridized carbons (Fsp3) is 0.333. The molecule has 22 heavy (non-hydrogen) atoms. The highest BCUT2D eigenvalue weighted by Crippen LogP contribution is 2.38. The van der Waals surface area contributed by atoms with Gasteiger partial charge in [-0.2, -0.15) is 0 Å². The molecular weight excluding hydrogens is 300 g/mol. The number of rotatable bonds is 3. The standard InChI is InChI=1S/C18H19F2NS/c1-12-5-6-14(11-16(12)20)22-17-4-2-3-15(19)18(17)13-7-9-21-10-8-13/h2-6,11,13,21H,7-10H2,1H3. The van der Waals surface area contributed by atoms with Gasteiger partial charge in [-0.3, -0.25) is 0 Å². The molecule has 0 bridgehead atoms. The van der Waals surface area contributed by atoms with E-state index in [0.29, 0.717) is 5.56 Å². The Balaban J connectivity index is 1.92. The van der Waals surface area contributed by atoms with Gasteiger partial charge in [-0.05, 0) is 68.6 Å². The van der Waals surface area contributed by atoms with Crippen LogP contribution in [0.3, 0.4) is 0 Å². The highest BCUT2D eigenvalue weighted by molar-refractivity contribution is 7.99. The first kappa shape index (κ1) is 15.5. The van der Waals surface area contributed by atoms with E-state index in [1.165, 1.54) is 23.9 Å². The molecule has 1 saturated heterocycles. The van der Waals surface area contributed by atoms with Gasteiger partial charge in [0.05, 0.1) is 0 Å². The smallest absolute Gasteiger partial charge is 0.127 e. The predicted octanol–water partition coefficient (Wildman–Crippen LogP) is 4.89. The van der Waals surface area contributed by atoms with Gasteiger partial charge in [0.15, 0.2) is 0 Å². The molecule has 116 valence electrons. The highest BCUT2D eigenvalue weighted by atomic mass is 32.2. The molecule has 0 unspecified atom stereocenters. The van der Waals surface area contributed by atoms with Gasteiger partial charge in [0, 0.05) is 15.4 Å². The first-order valence-corrected chi connectivity index (χ1v) is 8.40. The zero-order valence-electron chi connectivity index (χ0n) is 12.5. The number of halogens is 2. The molecule has 1 aliphatic rings. The number of piperidine rings is 1. The molecule has 0 radical (unpaired) electrons. The molecule has 0 aliphatic carbocycles. The monoisotopic (exact) mass is 319 g/mol. The van der Waals surface area contributed by atoms with Crippen LogP contribution in [0.1, 0.15) is 29.9 Å². The Morgan fingerprint density at radius 2 is 1.82 bits per heavy atom. The molecule has 1 heterocycles. The Kier molecular flexibility index (Phi) is 4.79. The predicted molar refractivity (Wildman–Crippen MR) is 86.5 cm³/mol. The maximum atomic E-state index is 14.4. The fourth-order valence-electron chi connectivity index (χ4n) is 2.88. The van der Waals surface area contributed by atoms with Crippen molar-refractivity contribution in [1.82, 2.24) is 5.32 Å². The van der Waals surface area contributed by atoms with Gasteiger partial charge in [0.25, 0.3) is 0 Å². The van der Waals surface area contributed by atoms with E-state index in [1.807, 2.05) is 12.1 Å². The van der Waals surface area contributed by atoms with Crippen LogP contribution in [0.2, 0.25) is 0 Å². The molecule has 0 spiro atoms. The van der Waals surface area contributed by atoms with Crippen LogP contribution in [0.5, 0.6) is 0 Å². The second-order valence-corrected chi connectivity index (χ2v) is 6.80. The number of hydrogen-bond acceptors (Lipinski definition) is 2. The summed E-state index contributed by atoms with van der Waals surface area (Å²) in [6.07, 6.45) is 1.88. The van der Waals surface area contributed by atoms with Crippen LogP contribution in [-0.4, -0.2) is 13.1 Å². The number of aryl methyl sites for hydroxylation is 1. The molecule has 1 fully saturated rings. The van der Waals surface area contributed by atoms with E-state index in [1.54, 1.807) is 19.1 Å². The summed E-state index contributed by atoms with van der Waals surface area (Å²) in [7, 11) is 0. The van der Waals surface area contributed by atoms with E-state index < -0.39 is 0 Å². The summed E-state index contributed by atoms with van der Waals surface area (Å²) in [5, 5.41) is 3.31. The number of nitrogens with one attached hydrogen (secondary N) is 1. The lowest BCUT2D eigenvalue weighted by molar-refractivity contribution is 0.439. The molecular formula is C18H19F2NS. The van der Waals surface area contributed by atoms with Gasteiger partial charge in [-0.1, -0.05) is 23.9 Å². The van der Waals surface area contributed by atoms with Crippen molar-refractivity contribution in [1.29, 1.82) is 0 Å². The Labute approximate surface area is 134 Å². The normalized spacial score (nSPS) is 16.0. The zero-order valence-corrected chi connectivity index (χ0v) is 13.4. The minimum absolute atomic E-state index is 0.149. The molecule has 1 aliphatic heterocycles. The number of benzene rings is 2. The Morgan fingerprint density at radius 1 is 1.05 bits per heavy atom. The average Bonchev–Trinajstić information content (AvgIpc) is 2.52. The summed E-state index contributed by atoms with van der Waals surface area (Å²) < 4.78 is 28.1. The second kappa shape index (κ2) is 6.80. The van der Waals surface area contributed by atoms with Crippen molar-refractivity contribution in [2.45, 2.75) is 35.5 Å². The molecule has 2 aromatic rings. The molecule has 0 atom stereocenters. The van der Waals surface area contributed by atoms with Crippen LogP contribution in [0, 0.1) is 18.6 Å². The SMILES string of the molecule is Cc1ccc(Sc2cccc(F)c2C2CCNCC2)cc1F. The van der Waals surface area contributed by atoms with Gasteiger partial charge in [-0.15, -0.1) is 0 Å². The quantitative estimate of drug-likeness (QED) is 0.864. The summed E-state index contributed by atoms with van der Waals surface area (Å²) in [6, 6.07) is 10.4. The third-order valence-electron chi connectivity index (χ3n) is 4.13. The van der Waals surface area contributed by atoms with Crippen molar-refractivity contribution in [2.75, 3.05) is 13.1 Å². The van der Waals surface area contributed by atoms with E-state index in [-0.39, 0.29) is 17.6 Å². The maximum absolute atomic E-state index is 14.4. The first-order chi connectivity index (χ1) is 10.6. The fourth-order valence-corrected chi connectivity index (χ4v) is 3.95. The Hall–Kier alpha value is -1.39. The first-order valence-electron chi connectivity index (χ1n) is 7.58. The van der Waals surface area contributed by atoms with E-state index in [2.05, 4.69) is 5.32 Å². The van der Waals surface area contributed by atoms with Crippen LogP contribution in [0.25, 0.3) is 0 Å². The Morgan fingerprint density at radius 3 is 2.55 bits per heavy atom. The lowest BCUT2D eigenvalue weighted by atomic mass is 9.90. The summed E-state index contributed by atoms with van der Waals surface area (Å²) in [5.41, 5.74) is 1.41. The minimum atomic E-state index is -0.218. The van der Waals surface area contributed by atoms with Crippen molar-refractivity contribution < 1.29 is 8.78 Å². The number of hydrogen-bond donors (Lipinski definition) is 1. The summed E-state index contributed by atoms with van der Waals surface area (Å²) >= 11 is 1.44. The van der Waals surface area contributed by atoms with Crippen molar-refractivity contribution in [3.63, 3.8) is 0 Å². The lowest BCUT2D eigenvalue weighted by Gasteiger charge is -2.25.